The zero-order valence-corrected chi connectivity index (χ0v) is 11.0. The Morgan fingerprint density at radius 2 is 1.94 bits per heavy atom. The lowest BCUT2D eigenvalue weighted by molar-refractivity contribution is 0.419. The van der Waals surface area contributed by atoms with Crippen molar-refractivity contribution in [1.82, 2.24) is 5.32 Å². The topological polar surface area (TPSA) is 25.2 Å². The minimum absolute atomic E-state index is 0.435. The molecule has 0 aliphatic heterocycles. The summed E-state index contributed by atoms with van der Waals surface area (Å²) in [5.74, 6) is 0.736. The van der Waals surface area contributed by atoms with Gasteiger partial charge in [0, 0.05) is 6.04 Å². The highest BCUT2D eigenvalue weighted by Gasteiger charge is 2.66. The number of rotatable bonds is 4. The summed E-state index contributed by atoms with van der Waals surface area (Å²) in [7, 11) is 2.06. The zero-order chi connectivity index (χ0) is 12.0. The molecule has 1 aliphatic carbocycles. The van der Waals surface area contributed by atoms with Crippen LogP contribution in [-0.2, 0) is 6.42 Å². The van der Waals surface area contributed by atoms with Crippen molar-refractivity contribution < 1.29 is 4.42 Å². The molecule has 0 saturated heterocycles. The molecule has 1 heterocycles. The predicted octanol–water partition coefficient (Wildman–Crippen LogP) is 3.09. The first kappa shape index (κ1) is 11.7. The second-order valence-corrected chi connectivity index (χ2v) is 6.15. The normalized spacial score (nSPS) is 24.3. The molecular formula is C14H23NO. The third-order valence-electron chi connectivity index (χ3n) is 4.94. The van der Waals surface area contributed by atoms with Crippen LogP contribution in [0.2, 0.25) is 0 Å². The maximum atomic E-state index is 5.14. The van der Waals surface area contributed by atoms with Gasteiger partial charge < -0.3 is 9.73 Å². The van der Waals surface area contributed by atoms with Crippen LogP contribution in [0.25, 0.3) is 0 Å². The van der Waals surface area contributed by atoms with Gasteiger partial charge in [-0.2, -0.15) is 0 Å². The van der Waals surface area contributed by atoms with Crippen molar-refractivity contribution >= 4 is 0 Å². The van der Waals surface area contributed by atoms with Gasteiger partial charge in [0.2, 0.25) is 0 Å². The van der Waals surface area contributed by atoms with Gasteiger partial charge in [-0.05, 0) is 41.8 Å². The number of hydrogen-bond donors (Lipinski definition) is 1. The SMILES string of the molecule is CNC(Cc1ccoc1)C1C(C)(C)C1(C)C. The average molecular weight is 221 g/mol. The Kier molecular flexibility index (Phi) is 2.66. The van der Waals surface area contributed by atoms with Crippen LogP contribution in [0.3, 0.4) is 0 Å². The number of likely N-dealkylation sites (N-methyl/N-ethyl adjacent to an activating group) is 1. The second-order valence-electron chi connectivity index (χ2n) is 6.15. The van der Waals surface area contributed by atoms with Gasteiger partial charge >= 0.3 is 0 Å². The fraction of sp³-hybridized carbons (Fsp3) is 0.714. The molecule has 1 saturated carbocycles. The van der Waals surface area contributed by atoms with Crippen LogP contribution in [0.4, 0.5) is 0 Å². The molecule has 1 fully saturated rings. The minimum Gasteiger partial charge on any atom is -0.472 e. The number of nitrogens with one attached hydrogen (secondary N) is 1. The van der Waals surface area contributed by atoms with E-state index in [1.807, 2.05) is 6.26 Å². The van der Waals surface area contributed by atoms with Crippen LogP contribution in [0.5, 0.6) is 0 Å². The quantitative estimate of drug-likeness (QED) is 0.845. The Balaban J connectivity index is 2.08. The highest BCUT2D eigenvalue weighted by molar-refractivity contribution is 5.19. The molecule has 1 aromatic heterocycles. The molecule has 1 N–H and O–H groups in total. The molecule has 1 aromatic rings. The molecule has 1 atom stereocenters. The van der Waals surface area contributed by atoms with E-state index in [1.54, 1.807) is 6.26 Å². The maximum absolute atomic E-state index is 5.14. The summed E-state index contributed by atoms with van der Waals surface area (Å²) >= 11 is 0. The lowest BCUT2D eigenvalue weighted by Gasteiger charge is -2.17. The van der Waals surface area contributed by atoms with Crippen LogP contribution in [0.1, 0.15) is 33.3 Å². The van der Waals surface area contributed by atoms with Gasteiger partial charge in [-0.3, -0.25) is 0 Å². The van der Waals surface area contributed by atoms with Crippen LogP contribution in [0.15, 0.2) is 23.0 Å². The zero-order valence-electron chi connectivity index (χ0n) is 11.0. The first-order valence-corrected chi connectivity index (χ1v) is 6.09. The summed E-state index contributed by atoms with van der Waals surface area (Å²) in [4.78, 5) is 0. The molecule has 0 radical (unpaired) electrons. The van der Waals surface area contributed by atoms with Crippen molar-refractivity contribution in [3.63, 3.8) is 0 Å². The third kappa shape index (κ3) is 1.60. The fourth-order valence-electron chi connectivity index (χ4n) is 3.30. The molecule has 1 unspecified atom stereocenters. The van der Waals surface area contributed by atoms with E-state index in [4.69, 9.17) is 4.42 Å². The molecule has 2 heteroatoms. The van der Waals surface area contributed by atoms with Gasteiger partial charge in [0.05, 0.1) is 12.5 Å². The lowest BCUT2D eigenvalue weighted by atomic mass is 9.98. The van der Waals surface area contributed by atoms with Gasteiger partial charge in [0.25, 0.3) is 0 Å². The highest BCUT2D eigenvalue weighted by Crippen LogP contribution is 2.69. The summed E-state index contributed by atoms with van der Waals surface area (Å²) in [5.41, 5.74) is 2.16. The fourth-order valence-corrected chi connectivity index (χ4v) is 3.30. The molecule has 2 rings (SSSR count). The van der Waals surface area contributed by atoms with Crippen LogP contribution in [-0.4, -0.2) is 13.1 Å². The predicted molar refractivity (Wildman–Crippen MR) is 66.3 cm³/mol. The number of furan rings is 1. The van der Waals surface area contributed by atoms with E-state index in [0.717, 1.165) is 12.3 Å². The van der Waals surface area contributed by atoms with Gasteiger partial charge in [0.1, 0.15) is 0 Å². The van der Waals surface area contributed by atoms with Gasteiger partial charge in [-0.25, -0.2) is 0 Å². The molecule has 90 valence electrons. The van der Waals surface area contributed by atoms with Crippen molar-refractivity contribution in [3.05, 3.63) is 24.2 Å². The molecule has 0 amide bonds. The Morgan fingerprint density at radius 1 is 1.31 bits per heavy atom. The first-order valence-electron chi connectivity index (χ1n) is 6.09. The average Bonchev–Trinajstić information content (AvgIpc) is 2.63. The van der Waals surface area contributed by atoms with E-state index in [2.05, 4.69) is 46.1 Å². The maximum Gasteiger partial charge on any atom is 0.0935 e. The standard InChI is InChI=1S/C14H23NO/c1-13(2)12(14(13,3)4)11(15-5)8-10-6-7-16-9-10/h6-7,9,11-12,15H,8H2,1-5H3. The van der Waals surface area contributed by atoms with E-state index in [0.29, 0.717) is 16.9 Å². The Morgan fingerprint density at radius 3 is 2.31 bits per heavy atom. The first-order chi connectivity index (χ1) is 7.41. The summed E-state index contributed by atoms with van der Waals surface area (Å²) in [6.07, 6.45) is 4.67. The van der Waals surface area contributed by atoms with Crippen molar-refractivity contribution in [3.8, 4) is 0 Å². The molecule has 1 aliphatic rings. The molecule has 0 bridgehead atoms. The van der Waals surface area contributed by atoms with E-state index >= 15 is 0 Å². The lowest BCUT2D eigenvalue weighted by Crippen LogP contribution is -2.32. The van der Waals surface area contributed by atoms with Crippen molar-refractivity contribution in [2.45, 2.75) is 40.2 Å². The highest BCUT2D eigenvalue weighted by atomic mass is 16.3. The molecule has 0 spiro atoms. The van der Waals surface area contributed by atoms with Crippen molar-refractivity contribution in [2.24, 2.45) is 16.7 Å². The summed E-state index contributed by atoms with van der Waals surface area (Å²) in [6, 6.07) is 2.61. The Labute approximate surface area is 98.4 Å². The van der Waals surface area contributed by atoms with Crippen molar-refractivity contribution in [1.29, 1.82) is 0 Å². The smallest absolute Gasteiger partial charge is 0.0935 e. The summed E-state index contributed by atoms with van der Waals surface area (Å²) in [6.45, 7) is 9.49. The molecule has 2 nitrogen and oxygen atoms in total. The molecule has 16 heavy (non-hydrogen) atoms. The van der Waals surface area contributed by atoms with Crippen LogP contribution in [0, 0.1) is 16.7 Å². The van der Waals surface area contributed by atoms with E-state index in [1.165, 1.54) is 5.56 Å². The third-order valence-corrected chi connectivity index (χ3v) is 4.94. The van der Waals surface area contributed by atoms with Gasteiger partial charge in [-0.1, -0.05) is 27.7 Å². The Bertz CT molecular complexity index is 337. The van der Waals surface area contributed by atoms with Gasteiger partial charge in [-0.15, -0.1) is 0 Å². The Hall–Kier alpha value is -0.760. The largest absolute Gasteiger partial charge is 0.472 e. The van der Waals surface area contributed by atoms with Gasteiger partial charge in [0.15, 0.2) is 0 Å². The monoisotopic (exact) mass is 221 g/mol. The second kappa shape index (κ2) is 3.63. The van der Waals surface area contributed by atoms with E-state index < -0.39 is 0 Å². The molecule has 0 aromatic carbocycles. The molecular weight excluding hydrogens is 198 g/mol. The summed E-state index contributed by atoms with van der Waals surface area (Å²) in [5, 5.41) is 3.47. The summed E-state index contributed by atoms with van der Waals surface area (Å²) < 4.78 is 5.14. The minimum atomic E-state index is 0.435. The number of hydrogen-bond acceptors (Lipinski definition) is 2. The van der Waals surface area contributed by atoms with E-state index in [9.17, 15) is 0 Å². The van der Waals surface area contributed by atoms with Crippen LogP contribution >= 0.6 is 0 Å². The van der Waals surface area contributed by atoms with E-state index in [-0.39, 0.29) is 0 Å². The van der Waals surface area contributed by atoms with Crippen molar-refractivity contribution in [2.75, 3.05) is 7.05 Å². The van der Waals surface area contributed by atoms with Crippen LogP contribution < -0.4 is 5.32 Å².